The number of halogens is 1. The van der Waals surface area contributed by atoms with E-state index in [1.54, 1.807) is 30.3 Å². The SMILES string of the molecule is Cc1ccc(S(=O)(=O)Nc2ccccc2)cc1Cl. The molecule has 0 unspecified atom stereocenters. The number of sulfonamides is 1. The van der Waals surface area contributed by atoms with E-state index in [0.29, 0.717) is 10.7 Å². The normalized spacial score (nSPS) is 11.2. The van der Waals surface area contributed by atoms with Crippen molar-refractivity contribution < 1.29 is 8.42 Å². The summed E-state index contributed by atoms with van der Waals surface area (Å²) >= 11 is 5.93. The molecule has 2 aromatic rings. The number of hydrogen-bond donors (Lipinski definition) is 1. The molecule has 0 radical (unpaired) electrons. The van der Waals surface area contributed by atoms with Gasteiger partial charge in [0.05, 0.1) is 4.90 Å². The van der Waals surface area contributed by atoms with E-state index in [4.69, 9.17) is 11.6 Å². The molecule has 2 rings (SSSR count). The molecule has 2 aromatic carbocycles. The van der Waals surface area contributed by atoms with Gasteiger partial charge in [-0.1, -0.05) is 35.9 Å². The van der Waals surface area contributed by atoms with Crippen LogP contribution in [0.2, 0.25) is 5.02 Å². The molecule has 0 amide bonds. The minimum atomic E-state index is -3.59. The molecule has 0 bridgehead atoms. The molecule has 0 aromatic heterocycles. The van der Waals surface area contributed by atoms with Crippen LogP contribution in [0.15, 0.2) is 53.4 Å². The number of para-hydroxylation sites is 1. The second kappa shape index (κ2) is 5.00. The van der Waals surface area contributed by atoms with E-state index >= 15 is 0 Å². The Morgan fingerprint density at radius 1 is 1.06 bits per heavy atom. The standard InChI is InChI=1S/C13H12ClNO2S/c1-10-7-8-12(9-13(10)14)18(16,17)15-11-5-3-2-4-6-11/h2-9,15H,1H3. The lowest BCUT2D eigenvalue weighted by Gasteiger charge is -2.08. The molecule has 0 saturated carbocycles. The van der Waals surface area contributed by atoms with Crippen LogP contribution in [-0.2, 0) is 10.0 Å². The molecule has 5 heteroatoms. The quantitative estimate of drug-likeness (QED) is 0.937. The lowest BCUT2D eigenvalue weighted by Crippen LogP contribution is -2.12. The van der Waals surface area contributed by atoms with Crippen molar-refractivity contribution >= 4 is 27.3 Å². The monoisotopic (exact) mass is 281 g/mol. The molecule has 0 atom stereocenters. The smallest absolute Gasteiger partial charge is 0.261 e. The molecule has 94 valence electrons. The third-order valence-corrected chi connectivity index (χ3v) is 4.27. The Hall–Kier alpha value is -1.52. The van der Waals surface area contributed by atoms with Gasteiger partial charge in [-0.05, 0) is 36.8 Å². The minimum absolute atomic E-state index is 0.155. The fourth-order valence-electron chi connectivity index (χ4n) is 1.46. The highest BCUT2D eigenvalue weighted by atomic mass is 35.5. The van der Waals surface area contributed by atoms with Crippen LogP contribution in [0.5, 0.6) is 0 Å². The Balaban J connectivity index is 2.34. The topological polar surface area (TPSA) is 46.2 Å². The van der Waals surface area contributed by atoms with Gasteiger partial charge in [-0.25, -0.2) is 8.42 Å². The molecule has 0 aliphatic rings. The molecule has 3 nitrogen and oxygen atoms in total. The van der Waals surface area contributed by atoms with Crippen LogP contribution in [0.3, 0.4) is 0 Å². The highest BCUT2D eigenvalue weighted by Gasteiger charge is 2.14. The van der Waals surface area contributed by atoms with Gasteiger partial charge >= 0.3 is 0 Å². The fourth-order valence-corrected chi connectivity index (χ4v) is 2.79. The summed E-state index contributed by atoms with van der Waals surface area (Å²) < 4.78 is 26.7. The highest BCUT2D eigenvalue weighted by molar-refractivity contribution is 7.92. The molecular weight excluding hydrogens is 270 g/mol. The zero-order valence-corrected chi connectivity index (χ0v) is 11.3. The Bertz CT molecular complexity index is 654. The van der Waals surface area contributed by atoms with Gasteiger partial charge in [0.1, 0.15) is 0 Å². The summed E-state index contributed by atoms with van der Waals surface area (Å²) in [7, 11) is -3.59. The second-order valence-electron chi connectivity index (χ2n) is 3.88. The van der Waals surface area contributed by atoms with E-state index < -0.39 is 10.0 Å². The van der Waals surface area contributed by atoms with Crippen molar-refractivity contribution in [1.82, 2.24) is 0 Å². The largest absolute Gasteiger partial charge is 0.280 e. The van der Waals surface area contributed by atoms with Gasteiger partial charge in [0.25, 0.3) is 10.0 Å². The second-order valence-corrected chi connectivity index (χ2v) is 5.97. The van der Waals surface area contributed by atoms with E-state index in [9.17, 15) is 8.42 Å². The van der Waals surface area contributed by atoms with Gasteiger partial charge < -0.3 is 0 Å². The van der Waals surface area contributed by atoms with Crippen molar-refractivity contribution in [3.63, 3.8) is 0 Å². The summed E-state index contributed by atoms with van der Waals surface area (Å²) in [5.41, 5.74) is 1.37. The van der Waals surface area contributed by atoms with Crippen LogP contribution in [0.4, 0.5) is 5.69 Å². The molecule has 0 spiro atoms. The predicted molar refractivity (Wildman–Crippen MR) is 73.4 cm³/mol. The van der Waals surface area contributed by atoms with Crippen molar-refractivity contribution in [3.8, 4) is 0 Å². The average molecular weight is 282 g/mol. The van der Waals surface area contributed by atoms with E-state index in [-0.39, 0.29) is 4.90 Å². The van der Waals surface area contributed by atoms with E-state index in [1.165, 1.54) is 12.1 Å². The summed E-state index contributed by atoms with van der Waals surface area (Å²) in [5, 5.41) is 0.436. The van der Waals surface area contributed by atoms with Crippen molar-refractivity contribution in [2.45, 2.75) is 11.8 Å². The van der Waals surface area contributed by atoms with Crippen LogP contribution >= 0.6 is 11.6 Å². The van der Waals surface area contributed by atoms with Crippen LogP contribution in [0, 0.1) is 6.92 Å². The van der Waals surface area contributed by atoms with Gasteiger partial charge in [0, 0.05) is 10.7 Å². The summed E-state index contributed by atoms with van der Waals surface area (Å²) in [4.78, 5) is 0.155. The van der Waals surface area contributed by atoms with Gasteiger partial charge in [-0.15, -0.1) is 0 Å². The van der Waals surface area contributed by atoms with Crippen molar-refractivity contribution in [3.05, 3.63) is 59.1 Å². The van der Waals surface area contributed by atoms with Crippen LogP contribution in [-0.4, -0.2) is 8.42 Å². The van der Waals surface area contributed by atoms with Crippen molar-refractivity contribution in [2.24, 2.45) is 0 Å². The molecule has 0 aliphatic carbocycles. The summed E-state index contributed by atoms with van der Waals surface area (Å²) in [6, 6.07) is 13.4. The van der Waals surface area contributed by atoms with Gasteiger partial charge in [-0.3, -0.25) is 4.72 Å². The number of rotatable bonds is 3. The minimum Gasteiger partial charge on any atom is -0.280 e. The summed E-state index contributed by atoms with van der Waals surface area (Å²) in [6.07, 6.45) is 0. The summed E-state index contributed by atoms with van der Waals surface area (Å²) in [6.45, 7) is 1.82. The number of benzene rings is 2. The highest BCUT2D eigenvalue weighted by Crippen LogP contribution is 2.21. The predicted octanol–water partition coefficient (Wildman–Crippen LogP) is 3.45. The van der Waals surface area contributed by atoms with Gasteiger partial charge in [-0.2, -0.15) is 0 Å². The Labute approximate surface area is 111 Å². The Morgan fingerprint density at radius 3 is 2.33 bits per heavy atom. The van der Waals surface area contributed by atoms with E-state index in [1.807, 2.05) is 13.0 Å². The molecule has 0 heterocycles. The number of anilines is 1. The van der Waals surface area contributed by atoms with Crippen molar-refractivity contribution in [1.29, 1.82) is 0 Å². The average Bonchev–Trinajstić information content (AvgIpc) is 2.33. The fraction of sp³-hybridized carbons (Fsp3) is 0.0769. The molecule has 0 fully saturated rings. The van der Waals surface area contributed by atoms with Crippen LogP contribution in [0.1, 0.15) is 5.56 Å². The first-order valence-corrected chi connectivity index (χ1v) is 7.19. The zero-order valence-electron chi connectivity index (χ0n) is 9.72. The van der Waals surface area contributed by atoms with Gasteiger partial charge in [0.2, 0.25) is 0 Å². The molecule has 1 N–H and O–H groups in total. The van der Waals surface area contributed by atoms with Gasteiger partial charge in [0.15, 0.2) is 0 Å². The van der Waals surface area contributed by atoms with Crippen molar-refractivity contribution in [2.75, 3.05) is 4.72 Å². The van der Waals surface area contributed by atoms with E-state index in [0.717, 1.165) is 5.56 Å². The number of hydrogen-bond acceptors (Lipinski definition) is 2. The molecule has 18 heavy (non-hydrogen) atoms. The maximum Gasteiger partial charge on any atom is 0.261 e. The summed E-state index contributed by atoms with van der Waals surface area (Å²) in [5.74, 6) is 0. The lowest BCUT2D eigenvalue weighted by atomic mass is 10.2. The zero-order chi connectivity index (χ0) is 13.2. The maximum absolute atomic E-state index is 12.1. The number of aryl methyl sites for hydroxylation is 1. The lowest BCUT2D eigenvalue weighted by molar-refractivity contribution is 0.601. The molecule has 0 saturated heterocycles. The third kappa shape index (κ3) is 2.83. The van der Waals surface area contributed by atoms with Crippen LogP contribution in [0.25, 0.3) is 0 Å². The molecule has 0 aliphatic heterocycles. The maximum atomic E-state index is 12.1. The third-order valence-electron chi connectivity index (χ3n) is 2.48. The number of nitrogens with one attached hydrogen (secondary N) is 1. The van der Waals surface area contributed by atoms with E-state index in [2.05, 4.69) is 4.72 Å². The van der Waals surface area contributed by atoms with Crippen LogP contribution < -0.4 is 4.72 Å². The first kappa shape index (κ1) is 12.9. The molecular formula is C13H12ClNO2S. The first-order valence-electron chi connectivity index (χ1n) is 5.33. The first-order chi connectivity index (χ1) is 8.49. The Morgan fingerprint density at radius 2 is 1.72 bits per heavy atom. The Kier molecular flexibility index (Phi) is 3.59.